The van der Waals surface area contributed by atoms with E-state index in [9.17, 15) is 20.0 Å². The Balaban J connectivity index is 1.91. The summed E-state index contributed by atoms with van der Waals surface area (Å²) in [5.41, 5.74) is 3.10. The molecular weight excluding hydrogens is 490 g/mol. The van der Waals surface area contributed by atoms with E-state index in [2.05, 4.69) is 47.4 Å². The number of phenols is 1. The zero-order valence-corrected chi connectivity index (χ0v) is 17.0. The van der Waals surface area contributed by atoms with Gasteiger partial charge in [0.2, 0.25) is 6.33 Å². The van der Waals surface area contributed by atoms with E-state index in [0.29, 0.717) is 25.5 Å². The molecule has 3 rings (SSSR count). The summed E-state index contributed by atoms with van der Waals surface area (Å²) in [6.45, 7) is 1.62. The number of aryl methyl sites for hydroxylation is 2. The van der Waals surface area contributed by atoms with Crippen molar-refractivity contribution >= 4 is 60.8 Å². The molecular formula is C15H11Br2N5O5. The molecule has 1 amide bonds. The number of halogens is 2. The number of amides is 1. The third-order valence-electron chi connectivity index (χ3n) is 3.77. The fourth-order valence-electron chi connectivity index (χ4n) is 2.47. The van der Waals surface area contributed by atoms with Crippen LogP contribution < -0.4 is 5.43 Å². The third-order valence-corrected chi connectivity index (χ3v) is 4.97. The SMILES string of the molecule is Cc1c(C(=O)N/N=C/c2c([N+](=O)[O-])ncn2C)oc2c(Br)cc(Br)c(O)c12. The normalized spacial score (nSPS) is 11.4. The number of benzene rings is 1. The number of hydrogen-bond donors (Lipinski definition) is 2. The number of phenolic OH excluding ortho intramolecular Hbond substituents is 1. The highest BCUT2D eigenvalue weighted by atomic mass is 79.9. The topological polar surface area (TPSA) is 136 Å². The molecule has 2 heterocycles. The largest absolute Gasteiger partial charge is 0.506 e. The summed E-state index contributed by atoms with van der Waals surface area (Å²) in [5.74, 6) is -1.15. The molecule has 0 fully saturated rings. The van der Waals surface area contributed by atoms with Crippen LogP contribution in [0.25, 0.3) is 11.0 Å². The number of hydrazone groups is 1. The fraction of sp³-hybridized carbons (Fsp3) is 0.133. The van der Waals surface area contributed by atoms with Crippen LogP contribution in [0.4, 0.5) is 5.82 Å². The summed E-state index contributed by atoms with van der Waals surface area (Å²) in [6, 6.07) is 1.60. The molecule has 0 spiro atoms. The molecule has 0 aliphatic carbocycles. The van der Waals surface area contributed by atoms with E-state index in [1.54, 1.807) is 20.0 Å². The van der Waals surface area contributed by atoms with Crippen molar-refractivity contribution in [2.24, 2.45) is 12.1 Å². The van der Waals surface area contributed by atoms with Gasteiger partial charge in [-0.1, -0.05) is 0 Å². The van der Waals surface area contributed by atoms with Gasteiger partial charge in [-0.25, -0.2) is 5.43 Å². The van der Waals surface area contributed by atoms with Gasteiger partial charge in [0.05, 0.1) is 20.5 Å². The Hall–Kier alpha value is -2.73. The van der Waals surface area contributed by atoms with E-state index in [0.717, 1.165) is 6.21 Å². The van der Waals surface area contributed by atoms with E-state index in [1.807, 2.05) is 0 Å². The number of nitrogens with one attached hydrogen (secondary N) is 1. The van der Waals surface area contributed by atoms with E-state index < -0.39 is 10.8 Å². The second-order valence-electron chi connectivity index (χ2n) is 5.47. The first-order valence-corrected chi connectivity index (χ1v) is 8.90. The van der Waals surface area contributed by atoms with Gasteiger partial charge in [-0.2, -0.15) is 5.10 Å². The number of aromatic nitrogens is 2. The van der Waals surface area contributed by atoms with Crippen LogP contribution in [0.1, 0.15) is 21.8 Å². The molecule has 3 aromatic rings. The lowest BCUT2D eigenvalue weighted by Crippen LogP contribution is -2.18. The van der Waals surface area contributed by atoms with Crippen LogP contribution in [0.15, 0.2) is 30.9 Å². The van der Waals surface area contributed by atoms with E-state index in [-0.39, 0.29) is 23.0 Å². The summed E-state index contributed by atoms with van der Waals surface area (Å²) in [7, 11) is 1.56. The summed E-state index contributed by atoms with van der Waals surface area (Å²) >= 11 is 6.54. The number of nitrogens with zero attached hydrogens (tertiary/aromatic N) is 4. The fourth-order valence-corrected chi connectivity index (χ4v) is 3.71. The highest BCUT2D eigenvalue weighted by molar-refractivity contribution is 9.11. The summed E-state index contributed by atoms with van der Waals surface area (Å²) in [6.07, 6.45) is 2.38. The molecule has 0 saturated carbocycles. The van der Waals surface area contributed by atoms with Crippen molar-refractivity contribution in [1.82, 2.24) is 15.0 Å². The van der Waals surface area contributed by atoms with Gasteiger partial charge in [0, 0.05) is 12.6 Å². The number of imidazole rings is 1. The number of aromatic hydroxyl groups is 1. The van der Waals surface area contributed by atoms with Crippen molar-refractivity contribution in [2.75, 3.05) is 0 Å². The van der Waals surface area contributed by atoms with Gasteiger partial charge in [-0.3, -0.25) is 4.79 Å². The van der Waals surface area contributed by atoms with Gasteiger partial charge in [0.1, 0.15) is 5.75 Å². The molecule has 0 atom stereocenters. The van der Waals surface area contributed by atoms with Crippen molar-refractivity contribution in [3.63, 3.8) is 0 Å². The van der Waals surface area contributed by atoms with Crippen molar-refractivity contribution in [1.29, 1.82) is 0 Å². The molecule has 0 radical (unpaired) electrons. The number of hydrogen-bond acceptors (Lipinski definition) is 7. The second kappa shape index (κ2) is 7.12. The van der Waals surface area contributed by atoms with E-state index in [4.69, 9.17) is 4.42 Å². The Morgan fingerprint density at radius 2 is 2.19 bits per heavy atom. The Bertz CT molecular complexity index is 1120. The number of carbonyl (C=O) groups excluding carboxylic acids is 1. The van der Waals surface area contributed by atoms with Crippen LogP contribution >= 0.6 is 31.9 Å². The lowest BCUT2D eigenvalue weighted by molar-refractivity contribution is -0.389. The number of furan rings is 1. The monoisotopic (exact) mass is 499 g/mol. The van der Waals surface area contributed by atoms with Crippen molar-refractivity contribution in [2.45, 2.75) is 6.92 Å². The highest BCUT2D eigenvalue weighted by Crippen LogP contribution is 2.41. The van der Waals surface area contributed by atoms with Crippen LogP contribution in [0.5, 0.6) is 5.75 Å². The maximum absolute atomic E-state index is 12.4. The molecule has 12 heteroatoms. The molecule has 0 bridgehead atoms. The summed E-state index contributed by atoms with van der Waals surface area (Å²) < 4.78 is 7.95. The lowest BCUT2D eigenvalue weighted by atomic mass is 10.1. The molecule has 10 nitrogen and oxygen atoms in total. The summed E-state index contributed by atoms with van der Waals surface area (Å²) in [4.78, 5) is 26.3. The predicted molar refractivity (Wildman–Crippen MR) is 103 cm³/mol. The van der Waals surface area contributed by atoms with Crippen molar-refractivity contribution in [3.8, 4) is 5.75 Å². The molecule has 0 aliphatic heterocycles. The quantitative estimate of drug-likeness (QED) is 0.320. The van der Waals surface area contributed by atoms with Gasteiger partial charge < -0.3 is 24.2 Å². The number of fused-ring (bicyclic) bond motifs is 1. The van der Waals surface area contributed by atoms with Crippen molar-refractivity contribution < 1.29 is 19.2 Å². The van der Waals surface area contributed by atoms with Crippen LogP contribution in [0.2, 0.25) is 0 Å². The molecule has 0 saturated heterocycles. The first-order valence-electron chi connectivity index (χ1n) is 7.31. The average molecular weight is 501 g/mol. The van der Waals surface area contributed by atoms with E-state index in [1.165, 1.54) is 10.9 Å². The van der Waals surface area contributed by atoms with Crippen LogP contribution in [-0.4, -0.2) is 31.7 Å². The standard InChI is InChI=1S/C15H11Br2N5O5/c1-6-10-11(23)7(16)3-8(17)13(10)27-12(6)15(24)20-19-4-9-14(22(25)26)18-5-21(9)2/h3-5,23H,1-2H3,(H,20,24)/b19-4+. The Morgan fingerprint density at radius 3 is 2.85 bits per heavy atom. The van der Waals surface area contributed by atoms with Crippen LogP contribution in [-0.2, 0) is 7.05 Å². The molecule has 2 aromatic heterocycles. The molecule has 0 unspecified atom stereocenters. The Labute approximate surface area is 168 Å². The van der Waals surface area contributed by atoms with Crippen LogP contribution in [0.3, 0.4) is 0 Å². The third kappa shape index (κ3) is 3.32. The maximum atomic E-state index is 12.4. The van der Waals surface area contributed by atoms with Gasteiger partial charge >= 0.3 is 11.7 Å². The molecule has 0 aliphatic rings. The zero-order valence-electron chi connectivity index (χ0n) is 13.9. The smallest absolute Gasteiger partial charge is 0.390 e. The van der Waals surface area contributed by atoms with Gasteiger partial charge in [-0.05, 0) is 54.8 Å². The minimum Gasteiger partial charge on any atom is -0.506 e. The van der Waals surface area contributed by atoms with Gasteiger partial charge in [0.25, 0.3) is 0 Å². The zero-order chi connectivity index (χ0) is 19.9. The Morgan fingerprint density at radius 1 is 1.48 bits per heavy atom. The number of rotatable bonds is 4. The first kappa shape index (κ1) is 19.0. The molecule has 1 aromatic carbocycles. The van der Waals surface area contributed by atoms with Crippen LogP contribution in [0, 0.1) is 17.0 Å². The second-order valence-corrected chi connectivity index (χ2v) is 7.18. The van der Waals surface area contributed by atoms with Gasteiger partial charge in [0.15, 0.2) is 17.0 Å². The maximum Gasteiger partial charge on any atom is 0.390 e. The lowest BCUT2D eigenvalue weighted by Gasteiger charge is -2.00. The Kier molecular flexibility index (Phi) is 5.02. The molecule has 2 N–H and O–H groups in total. The molecule has 140 valence electrons. The minimum absolute atomic E-state index is 0.0456. The minimum atomic E-state index is -0.674. The van der Waals surface area contributed by atoms with Crippen molar-refractivity contribution in [3.05, 3.63) is 48.5 Å². The predicted octanol–water partition coefficient (Wildman–Crippen LogP) is 3.38. The summed E-state index contributed by atoms with van der Waals surface area (Å²) in [5, 5.41) is 25.2. The first-order chi connectivity index (χ1) is 12.7. The van der Waals surface area contributed by atoms with E-state index >= 15 is 0 Å². The number of carbonyl (C=O) groups is 1. The van der Waals surface area contributed by atoms with Gasteiger partial charge in [-0.15, -0.1) is 0 Å². The molecule has 27 heavy (non-hydrogen) atoms. The highest BCUT2D eigenvalue weighted by Gasteiger charge is 2.23. The number of nitro groups is 1. The average Bonchev–Trinajstić information content (AvgIpc) is 3.14.